The number of nitrogens with zero attached hydrogens (tertiary/aromatic N) is 2. The Balaban J connectivity index is 1.75. The molecule has 1 heterocycles. The molecule has 194 valence electrons. The number of carbonyl (C=O) groups is 1. The van der Waals surface area contributed by atoms with Crippen molar-refractivity contribution < 1.29 is 19.7 Å². The highest BCUT2D eigenvalue weighted by Gasteiger charge is 2.24. The second-order valence-corrected chi connectivity index (χ2v) is 10.7. The van der Waals surface area contributed by atoms with E-state index in [1.807, 2.05) is 55.9 Å². The molecule has 0 bridgehead atoms. The molecule has 1 aromatic heterocycles. The maximum atomic E-state index is 12.9. The number of amides is 1. The van der Waals surface area contributed by atoms with Gasteiger partial charge < -0.3 is 24.8 Å². The van der Waals surface area contributed by atoms with Gasteiger partial charge in [0.2, 0.25) is 0 Å². The largest absolute Gasteiger partial charge is 0.489 e. The molecule has 1 amide bonds. The van der Waals surface area contributed by atoms with Crippen molar-refractivity contribution >= 4 is 17.5 Å². The minimum absolute atomic E-state index is 0.0455. The smallest absolute Gasteiger partial charge is 0.251 e. The quantitative estimate of drug-likeness (QED) is 0.372. The zero-order chi connectivity index (χ0) is 26.6. The van der Waals surface area contributed by atoms with Gasteiger partial charge in [0.25, 0.3) is 5.91 Å². The summed E-state index contributed by atoms with van der Waals surface area (Å²) in [7, 11) is 1.98. The van der Waals surface area contributed by atoms with Crippen molar-refractivity contribution in [2.75, 3.05) is 6.61 Å². The van der Waals surface area contributed by atoms with Gasteiger partial charge in [-0.1, -0.05) is 56.6 Å². The van der Waals surface area contributed by atoms with Crippen LogP contribution in [0.1, 0.15) is 68.9 Å². The number of aliphatic hydroxyl groups is 2. The van der Waals surface area contributed by atoms with Gasteiger partial charge in [0.15, 0.2) is 0 Å². The highest BCUT2D eigenvalue weighted by Crippen LogP contribution is 2.29. The van der Waals surface area contributed by atoms with Gasteiger partial charge >= 0.3 is 0 Å². The molecule has 3 N–H and O–H groups in total. The molecule has 0 radical (unpaired) electrons. The fraction of sp³-hybridized carbons (Fsp3) is 0.429. The molecule has 2 aromatic carbocycles. The molecule has 36 heavy (non-hydrogen) atoms. The van der Waals surface area contributed by atoms with E-state index in [-0.39, 0.29) is 24.5 Å². The third-order valence-electron chi connectivity index (χ3n) is 5.79. The van der Waals surface area contributed by atoms with Crippen LogP contribution in [0.15, 0.2) is 48.7 Å². The molecule has 3 aromatic rings. The van der Waals surface area contributed by atoms with Crippen molar-refractivity contribution in [2.45, 2.75) is 64.7 Å². The summed E-state index contributed by atoms with van der Waals surface area (Å²) in [5.74, 6) is 1.08. The fourth-order valence-corrected chi connectivity index (χ4v) is 4.30. The van der Waals surface area contributed by atoms with Gasteiger partial charge in [-0.3, -0.25) is 4.79 Å². The first-order valence-corrected chi connectivity index (χ1v) is 12.5. The van der Waals surface area contributed by atoms with E-state index in [2.05, 4.69) is 26.1 Å². The Morgan fingerprint density at radius 1 is 1.17 bits per heavy atom. The molecule has 0 fully saturated rings. The Morgan fingerprint density at radius 2 is 1.83 bits per heavy atom. The number of nitrogens with one attached hydrogen (secondary N) is 1. The zero-order valence-electron chi connectivity index (χ0n) is 21.7. The number of ether oxygens (including phenoxy) is 1. The standard InChI is InChI=1S/C28H36ClN3O4/c1-17(2)36-24-12-11-20(15-21(24)29)26(35)30-22(13-14-33)25(34)19-9-7-18(8-10-19)23-16-32(6)27(31-23)28(3,4)5/h7-12,15-17,22,25,33-34H,13-14H2,1-6H3,(H,30,35)/t22-,25-/m0/s1. The van der Waals surface area contributed by atoms with Gasteiger partial charge in [0, 0.05) is 36.4 Å². The molecule has 0 unspecified atom stereocenters. The van der Waals surface area contributed by atoms with E-state index in [1.54, 1.807) is 12.1 Å². The molecule has 0 aliphatic heterocycles. The fourth-order valence-electron chi connectivity index (χ4n) is 4.08. The van der Waals surface area contributed by atoms with Crippen LogP contribution in [0, 0.1) is 0 Å². The highest BCUT2D eigenvalue weighted by molar-refractivity contribution is 6.32. The van der Waals surface area contributed by atoms with Crippen LogP contribution >= 0.6 is 11.6 Å². The van der Waals surface area contributed by atoms with E-state index in [0.717, 1.165) is 17.1 Å². The third kappa shape index (κ3) is 6.66. The predicted molar refractivity (Wildman–Crippen MR) is 142 cm³/mol. The summed E-state index contributed by atoms with van der Waals surface area (Å²) in [5.41, 5.74) is 2.67. The summed E-state index contributed by atoms with van der Waals surface area (Å²) in [4.78, 5) is 17.7. The SMILES string of the molecule is CC(C)Oc1ccc(C(=O)N[C@@H](CCO)[C@@H](O)c2ccc(-c3cn(C)c(C(C)(C)C)n3)cc2)cc1Cl. The molecular formula is C28H36ClN3O4. The van der Waals surface area contributed by atoms with Crippen molar-refractivity contribution in [3.63, 3.8) is 0 Å². The summed E-state index contributed by atoms with van der Waals surface area (Å²) >= 11 is 6.27. The van der Waals surface area contributed by atoms with Gasteiger partial charge in [0.05, 0.1) is 29.0 Å². The number of hydrogen-bond donors (Lipinski definition) is 3. The minimum atomic E-state index is -1.01. The average molecular weight is 514 g/mol. The Kier molecular flexibility index (Phi) is 8.82. The lowest BCUT2D eigenvalue weighted by molar-refractivity contribution is 0.0789. The summed E-state index contributed by atoms with van der Waals surface area (Å²) in [6, 6.07) is 11.5. The van der Waals surface area contributed by atoms with Crippen molar-refractivity contribution in [1.29, 1.82) is 0 Å². The molecule has 0 aliphatic carbocycles. The topological polar surface area (TPSA) is 96.6 Å². The molecule has 0 saturated carbocycles. The first-order valence-electron chi connectivity index (χ1n) is 12.1. The van der Waals surface area contributed by atoms with E-state index < -0.39 is 18.1 Å². The number of imidazole rings is 1. The molecule has 0 spiro atoms. The number of benzene rings is 2. The molecule has 2 atom stereocenters. The number of aliphatic hydroxyl groups excluding tert-OH is 2. The maximum absolute atomic E-state index is 12.9. The van der Waals surface area contributed by atoms with E-state index in [9.17, 15) is 15.0 Å². The highest BCUT2D eigenvalue weighted by atomic mass is 35.5. The Labute approximate surface area is 218 Å². The lowest BCUT2D eigenvalue weighted by Gasteiger charge is -2.24. The van der Waals surface area contributed by atoms with Gasteiger partial charge in [0.1, 0.15) is 11.6 Å². The number of carbonyl (C=O) groups excluding carboxylic acids is 1. The Morgan fingerprint density at radius 3 is 2.36 bits per heavy atom. The van der Waals surface area contributed by atoms with Crippen molar-refractivity contribution in [1.82, 2.24) is 14.9 Å². The molecule has 3 rings (SSSR count). The molecule has 8 heteroatoms. The van der Waals surface area contributed by atoms with E-state index in [0.29, 0.717) is 21.9 Å². The first-order chi connectivity index (χ1) is 16.9. The normalized spacial score (nSPS) is 13.5. The van der Waals surface area contributed by atoms with Crippen LogP contribution in [0.3, 0.4) is 0 Å². The van der Waals surface area contributed by atoms with Crippen LogP contribution in [0.2, 0.25) is 5.02 Å². The summed E-state index contributed by atoms with van der Waals surface area (Å²) in [6.07, 6.45) is 1.12. The number of aryl methyl sites for hydroxylation is 1. The van der Waals surface area contributed by atoms with Crippen LogP contribution in [0.4, 0.5) is 0 Å². The van der Waals surface area contributed by atoms with Gasteiger partial charge in [-0.05, 0) is 44.0 Å². The summed E-state index contributed by atoms with van der Waals surface area (Å²) in [5, 5.41) is 23.7. The summed E-state index contributed by atoms with van der Waals surface area (Å²) < 4.78 is 7.65. The second-order valence-electron chi connectivity index (χ2n) is 10.3. The number of aromatic nitrogens is 2. The third-order valence-corrected chi connectivity index (χ3v) is 6.08. The monoisotopic (exact) mass is 513 g/mol. The number of halogens is 1. The van der Waals surface area contributed by atoms with Crippen LogP contribution < -0.4 is 10.1 Å². The van der Waals surface area contributed by atoms with Gasteiger partial charge in [-0.15, -0.1) is 0 Å². The van der Waals surface area contributed by atoms with Gasteiger partial charge in [-0.2, -0.15) is 0 Å². The number of rotatable bonds is 9. The van der Waals surface area contributed by atoms with Crippen LogP contribution in [-0.4, -0.2) is 44.4 Å². The average Bonchev–Trinajstić information content (AvgIpc) is 3.21. The number of hydrogen-bond acceptors (Lipinski definition) is 5. The Hall–Kier alpha value is -2.87. The predicted octanol–water partition coefficient (Wildman–Crippen LogP) is 5.04. The lowest BCUT2D eigenvalue weighted by atomic mass is 9.96. The molecule has 0 aliphatic rings. The van der Waals surface area contributed by atoms with Crippen molar-refractivity contribution in [3.05, 3.63) is 70.6 Å². The van der Waals surface area contributed by atoms with Gasteiger partial charge in [-0.25, -0.2) is 4.98 Å². The van der Waals surface area contributed by atoms with E-state index >= 15 is 0 Å². The summed E-state index contributed by atoms with van der Waals surface area (Å²) in [6.45, 7) is 9.96. The molecule has 7 nitrogen and oxygen atoms in total. The Bertz CT molecular complexity index is 1180. The van der Waals surface area contributed by atoms with Crippen LogP contribution in [-0.2, 0) is 12.5 Å². The van der Waals surface area contributed by atoms with Crippen molar-refractivity contribution in [3.8, 4) is 17.0 Å². The van der Waals surface area contributed by atoms with Crippen molar-refractivity contribution in [2.24, 2.45) is 7.05 Å². The van der Waals surface area contributed by atoms with E-state index in [4.69, 9.17) is 21.3 Å². The van der Waals surface area contributed by atoms with E-state index in [1.165, 1.54) is 6.07 Å². The molecular weight excluding hydrogens is 478 g/mol. The zero-order valence-corrected chi connectivity index (χ0v) is 22.5. The minimum Gasteiger partial charge on any atom is -0.489 e. The lowest BCUT2D eigenvalue weighted by Crippen LogP contribution is -2.40. The second kappa shape index (κ2) is 11.5. The first kappa shape index (κ1) is 27.7. The van der Waals surface area contributed by atoms with Crippen LogP contribution in [0.25, 0.3) is 11.3 Å². The maximum Gasteiger partial charge on any atom is 0.251 e. The van der Waals surface area contributed by atoms with Crippen LogP contribution in [0.5, 0.6) is 5.75 Å². The molecule has 0 saturated heterocycles.